The molecule has 4 rings (SSSR count). The Hall–Kier alpha value is -2.46. The zero-order chi connectivity index (χ0) is 19.7. The first-order chi connectivity index (χ1) is 13.5. The van der Waals surface area contributed by atoms with Crippen LogP contribution in [0.5, 0.6) is 5.75 Å². The molecule has 0 radical (unpaired) electrons. The largest absolute Gasteiger partial charge is 0.482 e. The van der Waals surface area contributed by atoms with E-state index >= 15 is 0 Å². The number of benzene rings is 1. The van der Waals surface area contributed by atoms with E-state index in [-0.39, 0.29) is 24.0 Å². The third-order valence-electron chi connectivity index (χ3n) is 4.94. The van der Waals surface area contributed by atoms with Gasteiger partial charge in [0.15, 0.2) is 12.4 Å². The van der Waals surface area contributed by atoms with Crippen molar-refractivity contribution >= 4 is 21.6 Å². The van der Waals surface area contributed by atoms with Crippen molar-refractivity contribution in [3.8, 4) is 5.75 Å². The van der Waals surface area contributed by atoms with Crippen LogP contribution in [-0.4, -0.2) is 48.5 Å². The van der Waals surface area contributed by atoms with E-state index in [4.69, 9.17) is 9.26 Å². The molecule has 0 aliphatic carbocycles. The van der Waals surface area contributed by atoms with Gasteiger partial charge in [0.05, 0.1) is 17.1 Å². The lowest BCUT2D eigenvalue weighted by Crippen LogP contribution is -2.39. The van der Waals surface area contributed by atoms with Crippen LogP contribution in [0.4, 0.5) is 5.69 Å². The number of aryl methyl sites for hydroxylation is 1. The van der Waals surface area contributed by atoms with Crippen LogP contribution in [0.1, 0.15) is 37.9 Å². The molecule has 0 saturated carbocycles. The molecular formula is C18H22N4O5S. The minimum absolute atomic E-state index is 0.0892. The first-order valence-electron chi connectivity index (χ1n) is 9.38. The van der Waals surface area contributed by atoms with Gasteiger partial charge in [-0.25, -0.2) is 8.42 Å². The van der Waals surface area contributed by atoms with E-state index in [1.165, 1.54) is 21.3 Å². The second-order valence-electron chi connectivity index (χ2n) is 6.82. The Labute approximate surface area is 163 Å². The first kappa shape index (κ1) is 18.9. The van der Waals surface area contributed by atoms with Crippen molar-refractivity contribution in [3.05, 3.63) is 29.9 Å². The van der Waals surface area contributed by atoms with Crippen molar-refractivity contribution < 1.29 is 22.5 Å². The highest BCUT2D eigenvalue weighted by Gasteiger charge is 2.31. The highest BCUT2D eigenvalue weighted by molar-refractivity contribution is 7.89. The van der Waals surface area contributed by atoms with Gasteiger partial charge >= 0.3 is 0 Å². The Bertz CT molecular complexity index is 982. The Kier molecular flexibility index (Phi) is 5.07. The number of fused-ring (bicyclic) bond motifs is 1. The van der Waals surface area contributed by atoms with Crippen molar-refractivity contribution in [1.29, 1.82) is 0 Å². The molecule has 0 N–H and O–H groups in total. The molecule has 0 unspecified atom stereocenters. The van der Waals surface area contributed by atoms with Crippen molar-refractivity contribution in [2.75, 3.05) is 24.6 Å². The van der Waals surface area contributed by atoms with E-state index < -0.39 is 10.0 Å². The summed E-state index contributed by atoms with van der Waals surface area (Å²) >= 11 is 0. The van der Waals surface area contributed by atoms with Gasteiger partial charge in [0.1, 0.15) is 5.75 Å². The van der Waals surface area contributed by atoms with E-state index in [1.54, 1.807) is 6.07 Å². The smallest absolute Gasteiger partial charge is 0.265 e. The fourth-order valence-electron chi connectivity index (χ4n) is 3.41. The van der Waals surface area contributed by atoms with Crippen LogP contribution >= 0.6 is 0 Å². The van der Waals surface area contributed by atoms with Crippen LogP contribution in [0, 0.1) is 0 Å². The number of rotatable bonds is 5. The average molecular weight is 406 g/mol. The molecule has 9 nitrogen and oxygen atoms in total. The second kappa shape index (κ2) is 7.51. The Morgan fingerprint density at radius 2 is 1.96 bits per heavy atom. The molecule has 1 saturated heterocycles. The van der Waals surface area contributed by atoms with Gasteiger partial charge in [0.25, 0.3) is 5.91 Å². The summed E-state index contributed by atoms with van der Waals surface area (Å²) in [5.41, 5.74) is 0.400. The molecule has 1 aromatic carbocycles. The predicted octanol–water partition coefficient (Wildman–Crippen LogP) is 1.73. The minimum atomic E-state index is -3.62. The monoisotopic (exact) mass is 406 g/mol. The molecule has 28 heavy (non-hydrogen) atoms. The summed E-state index contributed by atoms with van der Waals surface area (Å²) in [7, 11) is -3.62. The number of hydrogen-bond donors (Lipinski definition) is 0. The second-order valence-corrected chi connectivity index (χ2v) is 8.76. The maximum absolute atomic E-state index is 13.0. The summed E-state index contributed by atoms with van der Waals surface area (Å²) in [5.74, 6) is 1.01. The van der Waals surface area contributed by atoms with E-state index in [0.29, 0.717) is 42.7 Å². The van der Waals surface area contributed by atoms with Crippen LogP contribution in [0.3, 0.4) is 0 Å². The standard InChI is InChI=1S/C18H22N4O5S/c1-2-17-19-16(20-27-17)11-22-14-10-13(6-7-15(14)26-12-18(22)23)28(24,25)21-8-4-3-5-9-21/h6-7,10H,2-5,8-9,11-12H2,1H3. The maximum Gasteiger partial charge on any atom is 0.265 e. The van der Waals surface area contributed by atoms with Crippen molar-refractivity contribution in [2.24, 2.45) is 0 Å². The Morgan fingerprint density at radius 1 is 1.18 bits per heavy atom. The SMILES string of the molecule is CCc1nc(CN2C(=O)COc3ccc(S(=O)(=O)N4CCCCC4)cc32)no1. The van der Waals surface area contributed by atoms with Gasteiger partial charge in [-0.05, 0) is 31.0 Å². The van der Waals surface area contributed by atoms with Crippen LogP contribution < -0.4 is 9.64 Å². The van der Waals surface area contributed by atoms with E-state index in [9.17, 15) is 13.2 Å². The maximum atomic E-state index is 13.0. The van der Waals surface area contributed by atoms with Gasteiger partial charge in [0.2, 0.25) is 15.9 Å². The van der Waals surface area contributed by atoms with E-state index in [0.717, 1.165) is 19.3 Å². The quantitative estimate of drug-likeness (QED) is 0.744. The fourth-order valence-corrected chi connectivity index (χ4v) is 4.95. The van der Waals surface area contributed by atoms with Gasteiger partial charge in [0, 0.05) is 19.5 Å². The number of aromatic nitrogens is 2. The van der Waals surface area contributed by atoms with Crippen molar-refractivity contribution in [2.45, 2.75) is 44.0 Å². The molecule has 2 aliphatic heterocycles. The van der Waals surface area contributed by atoms with Crippen LogP contribution in [0.15, 0.2) is 27.6 Å². The van der Waals surface area contributed by atoms with E-state index in [1.807, 2.05) is 6.92 Å². The zero-order valence-electron chi connectivity index (χ0n) is 15.6. The molecule has 0 atom stereocenters. The van der Waals surface area contributed by atoms with Gasteiger partial charge in [-0.3, -0.25) is 9.69 Å². The van der Waals surface area contributed by atoms with Gasteiger partial charge in [-0.2, -0.15) is 9.29 Å². The Morgan fingerprint density at radius 3 is 2.68 bits per heavy atom. The third-order valence-corrected chi connectivity index (χ3v) is 6.83. The zero-order valence-corrected chi connectivity index (χ0v) is 16.4. The number of carbonyl (C=O) groups is 1. The molecule has 10 heteroatoms. The van der Waals surface area contributed by atoms with Crippen LogP contribution in [-0.2, 0) is 27.8 Å². The third kappa shape index (κ3) is 3.49. The topological polar surface area (TPSA) is 106 Å². The van der Waals surface area contributed by atoms with E-state index in [2.05, 4.69) is 10.1 Å². The molecule has 1 fully saturated rings. The lowest BCUT2D eigenvalue weighted by molar-refractivity contribution is -0.121. The molecule has 0 bridgehead atoms. The summed E-state index contributed by atoms with van der Waals surface area (Å²) in [4.78, 5) is 18.3. The highest BCUT2D eigenvalue weighted by Crippen LogP contribution is 2.36. The number of amides is 1. The number of carbonyl (C=O) groups excluding carboxylic acids is 1. The number of ether oxygens (including phenoxy) is 1. The van der Waals surface area contributed by atoms with Gasteiger partial charge < -0.3 is 9.26 Å². The summed E-state index contributed by atoms with van der Waals surface area (Å²) in [6, 6.07) is 4.62. The lowest BCUT2D eigenvalue weighted by Gasteiger charge is -2.30. The summed E-state index contributed by atoms with van der Waals surface area (Å²) in [5, 5.41) is 3.89. The van der Waals surface area contributed by atoms with Crippen LogP contribution in [0.2, 0.25) is 0 Å². The Balaban J connectivity index is 1.67. The number of sulfonamides is 1. The number of hydrogen-bond acceptors (Lipinski definition) is 7. The van der Waals surface area contributed by atoms with Crippen molar-refractivity contribution in [1.82, 2.24) is 14.4 Å². The molecule has 1 amide bonds. The minimum Gasteiger partial charge on any atom is -0.482 e. The average Bonchev–Trinajstić information content (AvgIpc) is 3.18. The van der Waals surface area contributed by atoms with Crippen LogP contribution in [0.25, 0.3) is 0 Å². The predicted molar refractivity (Wildman–Crippen MR) is 99.4 cm³/mol. The normalized spacial score (nSPS) is 18.0. The molecule has 2 aliphatic rings. The first-order valence-corrected chi connectivity index (χ1v) is 10.8. The summed E-state index contributed by atoms with van der Waals surface area (Å²) < 4.78 is 38.1. The highest BCUT2D eigenvalue weighted by atomic mass is 32.2. The number of anilines is 1. The summed E-state index contributed by atoms with van der Waals surface area (Å²) in [6.07, 6.45) is 3.35. The molecule has 0 spiro atoms. The molecule has 150 valence electrons. The fraction of sp³-hybridized carbons (Fsp3) is 0.500. The number of piperidine rings is 1. The van der Waals surface area contributed by atoms with Gasteiger partial charge in [-0.15, -0.1) is 0 Å². The van der Waals surface area contributed by atoms with Gasteiger partial charge in [-0.1, -0.05) is 18.5 Å². The molecular weight excluding hydrogens is 384 g/mol. The molecule has 2 aromatic rings. The number of nitrogens with zero attached hydrogens (tertiary/aromatic N) is 4. The molecule has 1 aromatic heterocycles. The van der Waals surface area contributed by atoms with Crippen molar-refractivity contribution in [3.63, 3.8) is 0 Å². The summed E-state index contributed by atoms with van der Waals surface area (Å²) in [6.45, 7) is 2.89. The lowest BCUT2D eigenvalue weighted by atomic mass is 10.2. The molecule has 3 heterocycles.